The van der Waals surface area contributed by atoms with E-state index in [0.717, 1.165) is 5.56 Å². The zero-order chi connectivity index (χ0) is 29.4. The first-order chi connectivity index (χ1) is 20.2. The van der Waals surface area contributed by atoms with Crippen LogP contribution in [0, 0.1) is 5.82 Å². The second kappa shape index (κ2) is 11.3. The molecular weight excluding hydrogens is 561 g/mol. The summed E-state index contributed by atoms with van der Waals surface area (Å²) < 4.78 is 49.1. The van der Waals surface area contributed by atoms with E-state index in [-0.39, 0.29) is 54.8 Å². The Hall–Kier alpha value is -4.09. The molecule has 0 aliphatic carbocycles. The molecule has 0 bridgehead atoms. The number of rotatable bonds is 7. The normalized spacial score (nSPS) is 20.0. The Morgan fingerprint density at radius 2 is 1.64 bits per heavy atom. The van der Waals surface area contributed by atoms with Crippen LogP contribution in [-0.4, -0.2) is 54.5 Å². The van der Waals surface area contributed by atoms with Crippen molar-refractivity contribution in [1.82, 2.24) is 14.5 Å². The summed E-state index contributed by atoms with van der Waals surface area (Å²) in [4.78, 5) is 38.4. The van der Waals surface area contributed by atoms with E-state index >= 15 is 4.39 Å². The monoisotopic (exact) mass is 591 g/mol. The lowest BCUT2D eigenvalue weighted by molar-refractivity contribution is -0.136. The molecule has 42 heavy (non-hydrogen) atoms. The molecule has 3 aliphatic rings. The van der Waals surface area contributed by atoms with E-state index in [9.17, 15) is 22.8 Å². The van der Waals surface area contributed by atoms with Crippen molar-refractivity contribution in [3.63, 3.8) is 0 Å². The highest BCUT2D eigenvalue weighted by Gasteiger charge is 2.40. The van der Waals surface area contributed by atoms with Gasteiger partial charge in [0.2, 0.25) is 21.8 Å². The molecule has 11 heteroatoms. The number of ether oxygens (including phenoxy) is 1. The molecular formula is C31H30FN3O6S. The number of halogens is 1. The van der Waals surface area contributed by atoms with Crippen molar-refractivity contribution < 1.29 is 31.9 Å². The standard InChI is InChI=1S/C31H30FN3O6S/c32-27-17-26-22(18-35(31(26)38)28-10-11-29(36)33-30(28)37)16-25(27)21-12-14-34(15-13-21)42(39,40)24-8-6-23(7-9-24)41-19-20-4-2-1-3-5-20/h1-9,16-17,21,28H,10-15,18-19H2,(H,33,36,37). The predicted octanol–water partition coefficient (Wildman–Crippen LogP) is 3.73. The minimum Gasteiger partial charge on any atom is -0.489 e. The maximum absolute atomic E-state index is 15.3. The van der Waals surface area contributed by atoms with Gasteiger partial charge in [-0.3, -0.25) is 19.7 Å². The van der Waals surface area contributed by atoms with E-state index < -0.39 is 33.7 Å². The number of benzene rings is 3. The molecule has 1 N–H and O–H groups in total. The number of fused-ring (bicyclic) bond motifs is 1. The number of imide groups is 1. The summed E-state index contributed by atoms with van der Waals surface area (Å²) in [6.45, 7) is 1.00. The SMILES string of the molecule is O=C1CCC(N2Cc3cc(C4CCN(S(=O)(=O)c5ccc(OCc6ccccc6)cc5)CC4)c(F)cc3C2=O)C(=O)N1. The van der Waals surface area contributed by atoms with Crippen molar-refractivity contribution in [2.24, 2.45) is 0 Å². The average Bonchev–Trinajstić information content (AvgIpc) is 3.31. The molecule has 218 valence electrons. The molecule has 6 rings (SSSR count). The first-order valence-corrected chi connectivity index (χ1v) is 15.4. The number of carbonyl (C=O) groups excluding carboxylic acids is 3. The number of hydrogen-bond donors (Lipinski definition) is 1. The van der Waals surface area contributed by atoms with Gasteiger partial charge in [0.15, 0.2) is 0 Å². The summed E-state index contributed by atoms with van der Waals surface area (Å²) in [7, 11) is -3.74. The van der Waals surface area contributed by atoms with Gasteiger partial charge in [-0.2, -0.15) is 4.31 Å². The van der Waals surface area contributed by atoms with Crippen molar-refractivity contribution in [3.8, 4) is 5.75 Å². The molecule has 0 aromatic heterocycles. The lowest BCUT2D eigenvalue weighted by Crippen LogP contribution is -2.52. The number of hydrogen-bond acceptors (Lipinski definition) is 6. The molecule has 3 aromatic carbocycles. The summed E-state index contributed by atoms with van der Waals surface area (Å²) in [5.74, 6) is -1.47. The Morgan fingerprint density at radius 3 is 2.33 bits per heavy atom. The lowest BCUT2D eigenvalue weighted by Gasteiger charge is -2.31. The third-order valence-corrected chi connectivity index (χ3v) is 10.2. The Kier molecular flexibility index (Phi) is 7.54. The number of piperidine rings is 2. The topological polar surface area (TPSA) is 113 Å². The molecule has 1 atom stereocenters. The van der Waals surface area contributed by atoms with Crippen LogP contribution in [0.2, 0.25) is 0 Å². The van der Waals surface area contributed by atoms with Gasteiger partial charge in [-0.05, 0) is 72.2 Å². The van der Waals surface area contributed by atoms with Gasteiger partial charge in [0, 0.05) is 31.6 Å². The number of amides is 3. The van der Waals surface area contributed by atoms with Crippen LogP contribution in [0.1, 0.15) is 58.6 Å². The molecule has 2 saturated heterocycles. The first kappa shape index (κ1) is 28.0. The third kappa shape index (κ3) is 5.41. The van der Waals surface area contributed by atoms with Crippen LogP contribution < -0.4 is 10.1 Å². The van der Waals surface area contributed by atoms with Gasteiger partial charge in [0.1, 0.15) is 24.2 Å². The molecule has 3 aromatic rings. The van der Waals surface area contributed by atoms with Gasteiger partial charge >= 0.3 is 0 Å². The number of carbonyl (C=O) groups is 3. The van der Waals surface area contributed by atoms with Gasteiger partial charge in [-0.1, -0.05) is 36.4 Å². The Bertz CT molecular complexity index is 1640. The maximum atomic E-state index is 15.3. The van der Waals surface area contributed by atoms with E-state index in [2.05, 4.69) is 5.32 Å². The van der Waals surface area contributed by atoms with Gasteiger partial charge < -0.3 is 9.64 Å². The van der Waals surface area contributed by atoms with Crippen molar-refractivity contribution in [2.75, 3.05) is 13.1 Å². The fraction of sp³-hybridized carbons (Fsp3) is 0.323. The Morgan fingerprint density at radius 1 is 0.929 bits per heavy atom. The van der Waals surface area contributed by atoms with Crippen LogP contribution in [0.15, 0.2) is 71.6 Å². The van der Waals surface area contributed by atoms with E-state index in [0.29, 0.717) is 36.3 Å². The van der Waals surface area contributed by atoms with Crippen molar-refractivity contribution in [2.45, 2.75) is 55.7 Å². The molecule has 3 amide bonds. The van der Waals surface area contributed by atoms with E-state index in [1.807, 2.05) is 30.3 Å². The molecule has 3 aliphatic heterocycles. The highest BCUT2D eigenvalue weighted by atomic mass is 32.2. The zero-order valence-electron chi connectivity index (χ0n) is 22.8. The van der Waals surface area contributed by atoms with Crippen LogP contribution in [0.3, 0.4) is 0 Å². The summed E-state index contributed by atoms with van der Waals surface area (Å²) >= 11 is 0. The number of sulfonamides is 1. The van der Waals surface area contributed by atoms with E-state index in [4.69, 9.17) is 4.74 Å². The van der Waals surface area contributed by atoms with Gasteiger partial charge in [-0.25, -0.2) is 12.8 Å². The molecule has 3 heterocycles. The van der Waals surface area contributed by atoms with Crippen LogP contribution in [0.25, 0.3) is 0 Å². The fourth-order valence-corrected chi connectivity index (χ4v) is 7.40. The molecule has 2 fully saturated rings. The van der Waals surface area contributed by atoms with Gasteiger partial charge in [0.05, 0.1) is 4.90 Å². The summed E-state index contributed by atoms with van der Waals surface area (Å²) in [6.07, 6.45) is 1.23. The van der Waals surface area contributed by atoms with Crippen LogP contribution in [0.5, 0.6) is 5.75 Å². The van der Waals surface area contributed by atoms with Crippen molar-refractivity contribution in [3.05, 3.63) is 94.8 Å². The van der Waals surface area contributed by atoms with Crippen LogP contribution >= 0.6 is 0 Å². The van der Waals surface area contributed by atoms with Crippen LogP contribution in [-0.2, 0) is 32.8 Å². The quantitative estimate of drug-likeness (QED) is 0.419. The molecule has 9 nitrogen and oxygen atoms in total. The van der Waals surface area contributed by atoms with Crippen molar-refractivity contribution in [1.29, 1.82) is 0 Å². The molecule has 0 radical (unpaired) electrons. The first-order valence-electron chi connectivity index (χ1n) is 13.9. The second-order valence-electron chi connectivity index (χ2n) is 10.9. The summed E-state index contributed by atoms with van der Waals surface area (Å²) in [6, 6.07) is 18.2. The highest BCUT2D eigenvalue weighted by molar-refractivity contribution is 7.89. The summed E-state index contributed by atoms with van der Waals surface area (Å²) in [5, 5.41) is 2.26. The molecule has 0 spiro atoms. The third-order valence-electron chi connectivity index (χ3n) is 8.24. The molecule has 1 unspecified atom stereocenters. The Labute approximate surface area is 243 Å². The minimum absolute atomic E-state index is 0.143. The smallest absolute Gasteiger partial charge is 0.255 e. The van der Waals surface area contributed by atoms with Crippen LogP contribution in [0.4, 0.5) is 4.39 Å². The van der Waals surface area contributed by atoms with E-state index in [1.54, 1.807) is 18.2 Å². The van der Waals surface area contributed by atoms with Gasteiger partial charge in [0.25, 0.3) is 5.91 Å². The van der Waals surface area contributed by atoms with E-state index in [1.165, 1.54) is 27.4 Å². The second-order valence-corrected chi connectivity index (χ2v) is 12.8. The van der Waals surface area contributed by atoms with Crippen molar-refractivity contribution >= 4 is 27.7 Å². The zero-order valence-corrected chi connectivity index (χ0v) is 23.6. The average molecular weight is 592 g/mol. The number of nitrogens with one attached hydrogen (secondary N) is 1. The summed E-state index contributed by atoms with van der Waals surface area (Å²) in [5.41, 5.74) is 2.31. The maximum Gasteiger partial charge on any atom is 0.255 e. The molecule has 0 saturated carbocycles. The lowest BCUT2D eigenvalue weighted by atomic mass is 9.88. The van der Waals surface area contributed by atoms with Gasteiger partial charge in [-0.15, -0.1) is 0 Å². The number of nitrogens with zero attached hydrogens (tertiary/aromatic N) is 2. The Balaban J connectivity index is 1.09. The highest BCUT2D eigenvalue weighted by Crippen LogP contribution is 2.36. The fourth-order valence-electron chi connectivity index (χ4n) is 5.93. The largest absolute Gasteiger partial charge is 0.489 e. The predicted molar refractivity (Wildman–Crippen MR) is 150 cm³/mol. The minimum atomic E-state index is -3.74.